The van der Waals surface area contributed by atoms with Crippen LogP contribution in [0, 0.1) is 11.3 Å². The van der Waals surface area contributed by atoms with Crippen LogP contribution in [0.1, 0.15) is 253 Å². The van der Waals surface area contributed by atoms with Crippen molar-refractivity contribution in [2.75, 3.05) is 23.0 Å². The lowest BCUT2D eigenvalue weighted by Gasteiger charge is -2.39. The zero-order valence-electron chi connectivity index (χ0n) is 64.9. The number of carbonyl (C=O) groups is 1. The van der Waals surface area contributed by atoms with E-state index >= 15 is 0 Å². The minimum absolute atomic E-state index is 0.0787. The number of hydrogen-bond acceptors (Lipinski definition) is 8. The molecule has 0 saturated heterocycles. The molecule has 1 fully saturated rings. The molecule has 1 aliphatic heterocycles. The van der Waals surface area contributed by atoms with Crippen molar-refractivity contribution < 1.29 is 19.4 Å². The fourth-order valence-electron chi connectivity index (χ4n) is 21.1. The molecule has 10 heteroatoms. The first-order valence-electron chi connectivity index (χ1n) is 41.3. The van der Waals surface area contributed by atoms with Gasteiger partial charge in [-0.2, -0.15) is 5.26 Å². The summed E-state index contributed by atoms with van der Waals surface area (Å²) in [6, 6.07) is 67.3. The van der Waals surface area contributed by atoms with Gasteiger partial charge in [0.2, 0.25) is 0 Å². The van der Waals surface area contributed by atoms with Crippen LogP contribution in [-0.2, 0) is 21.0 Å². The molecule has 0 amide bonds. The third-order valence-corrected chi connectivity index (χ3v) is 27.5. The molecule has 4 heterocycles. The smallest absolute Gasteiger partial charge is 0.346 e. The lowest BCUT2D eigenvalue weighted by molar-refractivity contribution is -0.132. The molecule has 2 unspecified atom stereocenters. The fraction of sp³-hybridized carbons (Fsp3) is 0.388. The maximum Gasteiger partial charge on any atom is 0.346 e. The monoisotopic (exact) mass is 1470 g/mol. The number of unbranched alkanes of at least 4 members (excludes halogenated alkanes) is 6. The molecule has 2 atom stereocenters. The predicted octanol–water partition coefficient (Wildman–Crippen LogP) is 28.3. The zero-order chi connectivity index (χ0) is 74.4. The molecule has 3 aromatic heterocycles. The number of aromatic nitrogens is 1. The summed E-state index contributed by atoms with van der Waals surface area (Å²) in [5, 5.41) is 20.1. The quantitative estimate of drug-likeness (QED) is 0.0255. The maximum absolute atomic E-state index is 12.4. The first-order valence-corrected chi connectivity index (χ1v) is 42.9. The van der Waals surface area contributed by atoms with Gasteiger partial charge in [0.25, 0.3) is 0 Å². The van der Waals surface area contributed by atoms with Crippen LogP contribution in [-0.4, -0.2) is 34.9 Å². The molecule has 554 valence electrons. The fourth-order valence-corrected chi connectivity index (χ4v) is 23.5. The highest BCUT2D eigenvalue weighted by atomic mass is 32.1. The van der Waals surface area contributed by atoms with Crippen molar-refractivity contribution in [3.8, 4) is 67.1 Å². The number of thiophene rings is 2. The van der Waals surface area contributed by atoms with E-state index in [-0.39, 0.29) is 21.8 Å². The summed E-state index contributed by atoms with van der Waals surface area (Å²) in [6.07, 6.45) is 27.8. The number of rotatable bonds is 32. The van der Waals surface area contributed by atoms with Gasteiger partial charge in [0.05, 0.1) is 33.6 Å². The largest absolute Gasteiger partial charge is 0.494 e. The SMILES string of the molecule is CCCCCCOc1ccc(N(c2ccc(OCCCCCC)cc2)c2ccc(-n3c4cc(/C=C(\C#N)C(=O)O)sc4c4sc(-c5ccc6c(c5)C5CCCC5N6c5ccc6c(c5)C(CCC)(CCC)c5c7c(c8c(c5-6)C(CCC)(CCC)c5ccccc5-8)C(CCC)(CCC)c5ccccc5-7)cc43)cc2)cc1. The van der Waals surface area contributed by atoms with E-state index in [1.54, 1.807) is 61.4 Å². The normalized spacial score (nSPS) is 16.4. The Balaban J connectivity index is 0.802. The highest BCUT2D eigenvalue weighted by molar-refractivity contribution is 7.29. The van der Waals surface area contributed by atoms with Crippen molar-refractivity contribution >= 4 is 83.6 Å². The number of carboxylic acids is 1. The summed E-state index contributed by atoms with van der Waals surface area (Å²) in [7, 11) is 0. The molecule has 1 N–H and O–H groups in total. The molecular formula is C98H106N4O4S2. The summed E-state index contributed by atoms with van der Waals surface area (Å²) < 4.78 is 17.0. The molecule has 0 spiro atoms. The molecule has 1 saturated carbocycles. The summed E-state index contributed by atoms with van der Waals surface area (Å²) >= 11 is 3.36. The van der Waals surface area contributed by atoms with Crippen molar-refractivity contribution in [3.63, 3.8) is 0 Å². The number of ether oxygens (including phenoxy) is 2. The Morgan fingerprint density at radius 2 is 1.00 bits per heavy atom. The van der Waals surface area contributed by atoms with Crippen molar-refractivity contribution in [2.24, 2.45) is 0 Å². The lowest BCUT2D eigenvalue weighted by Crippen LogP contribution is -2.31. The van der Waals surface area contributed by atoms with Gasteiger partial charge in [-0.15, -0.1) is 22.7 Å². The van der Waals surface area contributed by atoms with Crippen molar-refractivity contribution in [3.05, 3.63) is 219 Å². The van der Waals surface area contributed by atoms with Crippen LogP contribution in [0.4, 0.5) is 28.4 Å². The molecule has 11 aromatic rings. The van der Waals surface area contributed by atoms with E-state index in [9.17, 15) is 15.2 Å². The topological polar surface area (TPSA) is 91.0 Å². The van der Waals surface area contributed by atoms with E-state index < -0.39 is 5.97 Å². The van der Waals surface area contributed by atoms with Crippen LogP contribution in [0.15, 0.2) is 175 Å². The van der Waals surface area contributed by atoms with Gasteiger partial charge < -0.3 is 28.9 Å². The number of carboxylic acid groups (broad SMARTS) is 1. The van der Waals surface area contributed by atoms with Crippen LogP contribution in [0.5, 0.6) is 11.5 Å². The lowest BCUT2D eigenvalue weighted by atomic mass is 9.64. The zero-order valence-corrected chi connectivity index (χ0v) is 66.5. The maximum atomic E-state index is 12.4. The van der Waals surface area contributed by atoms with Gasteiger partial charge in [-0.1, -0.05) is 200 Å². The van der Waals surface area contributed by atoms with Gasteiger partial charge in [-0.05, 0) is 257 Å². The Hall–Kier alpha value is -9.14. The number of benzene rings is 8. The highest BCUT2D eigenvalue weighted by Gasteiger charge is 2.58. The number of hydrogen-bond donors (Lipinski definition) is 1. The minimum atomic E-state index is -1.23. The van der Waals surface area contributed by atoms with E-state index in [1.807, 2.05) is 17.4 Å². The summed E-state index contributed by atoms with van der Waals surface area (Å²) in [5.74, 6) is 0.892. The summed E-state index contributed by atoms with van der Waals surface area (Å²) in [6.45, 7) is 20.5. The predicted molar refractivity (Wildman–Crippen MR) is 454 cm³/mol. The van der Waals surface area contributed by atoms with Crippen LogP contribution >= 0.6 is 22.7 Å². The molecular weight excluding hydrogens is 1360 g/mol. The Labute approximate surface area is 649 Å². The number of fused-ring (bicyclic) bond motifs is 18. The second-order valence-corrected chi connectivity index (χ2v) is 33.9. The Morgan fingerprint density at radius 1 is 0.519 bits per heavy atom. The number of nitriles is 1. The molecule has 16 rings (SSSR count). The Bertz CT molecular complexity index is 5150. The van der Waals surface area contributed by atoms with E-state index in [0.29, 0.717) is 25.2 Å². The highest BCUT2D eigenvalue weighted by Crippen LogP contribution is 2.72. The molecule has 0 bridgehead atoms. The standard InChI is InChI=1S/C98H106N4O4S2/c1-9-17-19-25-56-105-71-44-39-67(40-45-71)100(68-41-46-72(47-42-68)106-57-26-20-18-10-2)66-35-37-69(38-36-66)101-84-61-73(58-65(63-99)95(103)104)107-93(84)94-85(101)62-86(108-94)64-34-49-83-78(59-64)74-30-27-33-82(74)102(83)70-43-48-77-81(60-70)98(54-15-7,55-16-8)92-88-76-29-22-24-32-80(76)96(50-11-3,51-12-4)90(88)87-75-28-21-23-31-79(75)97(52-13-5,53-14-6)91(87)89(77)92/h21-24,28-29,31-32,34-49,58-62,74,82H,9-20,25-27,30,33,50-57H2,1-8H3,(H,103,104)/b65-58+. The number of anilines is 5. The first kappa shape index (κ1) is 73.0. The Morgan fingerprint density at radius 3 is 1.51 bits per heavy atom. The molecule has 0 radical (unpaired) electrons. The number of nitrogens with zero attached hydrogens (tertiary/aromatic N) is 4. The van der Waals surface area contributed by atoms with Gasteiger partial charge in [-0.3, -0.25) is 0 Å². The van der Waals surface area contributed by atoms with E-state index in [4.69, 9.17) is 9.47 Å². The average Bonchev–Trinajstić information content (AvgIpc) is 1.48. The van der Waals surface area contributed by atoms with Gasteiger partial charge in [0.1, 0.15) is 23.1 Å². The average molecular weight is 1470 g/mol. The second kappa shape index (κ2) is 30.7. The van der Waals surface area contributed by atoms with Crippen LogP contribution in [0.2, 0.25) is 0 Å². The minimum Gasteiger partial charge on any atom is -0.494 e. The molecule has 108 heavy (non-hydrogen) atoms. The first-order chi connectivity index (χ1) is 53.0. The van der Waals surface area contributed by atoms with Crippen LogP contribution in [0.25, 0.3) is 76.0 Å². The molecule has 4 aliphatic carbocycles. The molecule has 8 aromatic carbocycles. The van der Waals surface area contributed by atoms with E-state index in [2.05, 4.69) is 240 Å². The second-order valence-electron chi connectivity index (χ2n) is 31.7. The molecule has 5 aliphatic rings. The van der Waals surface area contributed by atoms with Gasteiger partial charge in [0, 0.05) is 72.1 Å². The van der Waals surface area contributed by atoms with Gasteiger partial charge in [0.15, 0.2) is 0 Å². The molecule has 8 nitrogen and oxygen atoms in total. The third-order valence-electron chi connectivity index (χ3n) is 25.1. The number of aliphatic carboxylic acids is 1. The van der Waals surface area contributed by atoms with Crippen LogP contribution in [0.3, 0.4) is 0 Å². The van der Waals surface area contributed by atoms with E-state index in [1.165, 1.54) is 95.1 Å². The van der Waals surface area contributed by atoms with Crippen molar-refractivity contribution in [1.82, 2.24) is 4.57 Å². The Kier molecular flexibility index (Phi) is 20.8. The van der Waals surface area contributed by atoms with Crippen molar-refractivity contribution in [1.29, 1.82) is 5.26 Å². The van der Waals surface area contributed by atoms with Crippen LogP contribution < -0.4 is 19.3 Å². The van der Waals surface area contributed by atoms with Crippen molar-refractivity contribution in [2.45, 2.75) is 231 Å². The third kappa shape index (κ3) is 12.1. The van der Waals surface area contributed by atoms with Gasteiger partial charge in [-0.25, -0.2) is 4.79 Å². The van der Waals surface area contributed by atoms with Gasteiger partial charge >= 0.3 is 5.97 Å². The summed E-state index contributed by atoms with van der Waals surface area (Å²) in [4.78, 5) is 19.4. The van der Waals surface area contributed by atoms with E-state index in [0.717, 1.165) is 162 Å². The summed E-state index contributed by atoms with van der Waals surface area (Å²) in [5.41, 5.74) is 29.7.